The van der Waals surface area contributed by atoms with Gasteiger partial charge in [-0.05, 0) is 19.9 Å². The van der Waals surface area contributed by atoms with Gasteiger partial charge in [0.05, 0.1) is 17.7 Å². The van der Waals surface area contributed by atoms with Crippen LogP contribution in [-0.2, 0) is 11.8 Å². The summed E-state index contributed by atoms with van der Waals surface area (Å²) in [7, 11) is 3.66. The maximum Gasteiger partial charge on any atom is 0.328 e. The number of hydrogen-bond acceptors (Lipinski definition) is 4. The van der Waals surface area contributed by atoms with E-state index in [4.69, 9.17) is 10.4 Å². The van der Waals surface area contributed by atoms with Gasteiger partial charge in [-0.25, -0.2) is 4.79 Å². The molecule has 1 rings (SSSR count). The summed E-state index contributed by atoms with van der Waals surface area (Å²) in [6, 6.07) is 2.18. The first-order chi connectivity index (χ1) is 8.86. The van der Waals surface area contributed by atoms with Gasteiger partial charge >= 0.3 is 5.97 Å². The fraction of sp³-hybridized carbons (Fsp3) is 0.462. The first-order valence-electron chi connectivity index (χ1n) is 5.92. The number of hydrogen-bond donors (Lipinski definition) is 1. The molecule has 19 heavy (non-hydrogen) atoms. The van der Waals surface area contributed by atoms with Gasteiger partial charge in [-0.3, -0.25) is 4.68 Å². The quantitative estimate of drug-likeness (QED) is 0.811. The molecule has 0 bridgehead atoms. The van der Waals surface area contributed by atoms with Gasteiger partial charge in [-0.1, -0.05) is 0 Å². The number of carboxylic acid groups (broad SMARTS) is 1. The summed E-state index contributed by atoms with van der Waals surface area (Å²) in [6.45, 7) is 4.22. The van der Waals surface area contributed by atoms with Gasteiger partial charge in [0.25, 0.3) is 0 Å². The molecule has 0 aliphatic carbocycles. The van der Waals surface area contributed by atoms with Crippen LogP contribution in [0.3, 0.4) is 0 Å². The Labute approximate surface area is 112 Å². The Hall–Kier alpha value is -2.29. The summed E-state index contributed by atoms with van der Waals surface area (Å²) in [5.74, 6) is -0.309. The maximum atomic E-state index is 10.6. The van der Waals surface area contributed by atoms with Crippen LogP contribution in [-0.4, -0.2) is 34.4 Å². The number of aliphatic carboxylic acids is 1. The summed E-state index contributed by atoms with van der Waals surface area (Å²) in [4.78, 5) is 12.5. The second-order valence-corrected chi connectivity index (χ2v) is 4.53. The van der Waals surface area contributed by atoms with Crippen LogP contribution in [0.4, 0.5) is 5.82 Å². The Morgan fingerprint density at radius 2 is 2.32 bits per heavy atom. The minimum Gasteiger partial charge on any atom is -0.478 e. The van der Waals surface area contributed by atoms with E-state index in [9.17, 15) is 4.79 Å². The molecule has 0 aromatic carbocycles. The molecule has 0 fully saturated rings. The Morgan fingerprint density at radius 3 is 2.84 bits per heavy atom. The van der Waals surface area contributed by atoms with Gasteiger partial charge in [0, 0.05) is 32.3 Å². The van der Waals surface area contributed by atoms with Gasteiger partial charge in [-0.15, -0.1) is 0 Å². The summed E-state index contributed by atoms with van der Waals surface area (Å²) >= 11 is 0. The number of carbonyl (C=O) groups is 1. The smallest absolute Gasteiger partial charge is 0.328 e. The van der Waals surface area contributed by atoms with Crippen molar-refractivity contribution < 1.29 is 9.90 Å². The molecule has 0 spiro atoms. The highest BCUT2D eigenvalue weighted by Crippen LogP contribution is 2.24. The van der Waals surface area contributed by atoms with E-state index in [1.165, 1.54) is 6.08 Å². The van der Waals surface area contributed by atoms with E-state index < -0.39 is 5.97 Å². The molecule has 6 heteroatoms. The molecule has 0 saturated carbocycles. The number of nitriles is 1. The van der Waals surface area contributed by atoms with Crippen LogP contribution in [0.25, 0.3) is 6.08 Å². The summed E-state index contributed by atoms with van der Waals surface area (Å²) in [6.07, 6.45) is 2.63. The fourth-order valence-corrected chi connectivity index (χ4v) is 2.00. The van der Waals surface area contributed by atoms with E-state index >= 15 is 0 Å². The van der Waals surface area contributed by atoms with Crippen molar-refractivity contribution in [3.8, 4) is 6.07 Å². The highest BCUT2D eigenvalue weighted by Gasteiger charge is 2.16. The Bertz CT molecular complexity index is 540. The van der Waals surface area contributed by atoms with E-state index in [0.29, 0.717) is 6.54 Å². The number of rotatable bonds is 5. The molecule has 0 saturated heterocycles. The van der Waals surface area contributed by atoms with Crippen LogP contribution < -0.4 is 4.90 Å². The van der Waals surface area contributed by atoms with Gasteiger partial charge in [0.1, 0.15) is 5.82 Å². The molecule has 0 aliphatic heterocycles. The molecule has 6 nitrogen and oxygen atoms in total. The van der Waals surface area contributed by atoms with Crippen molar-refractivity contribution in [3.63, 3.8) is 0 Å². The summed E-state index contributed by atoms with van der Waals surface area (Å²) in [5.41, 5.74) is 1.52. The average Bonchev–Trinajstić information content (AvgIpc) is 2.60. The molecule has 1 heterocycles. The predicted molar refractivity (Wildman–Crippen MR) is 72.7 cm³/mol. The largest absolute Gasteiger partial charge is 0.478 e. The topological polar surface area (TPSA) is 82.2 Å². The zero-order valence-electron chi connectivity index (χ0n) is 11.6. The third kappa shape index (κ3) is 3.58. The Kier molecular flexibility index (Phi) is 4.70. The van der Waals surface area contributed by atoms with E-state index in [0.717, 1.165) is 23.2 Å². The lowest BCUT2D eigenvalue weighted by molar-refractivity contribution is -0.131. The van der Waals surface area contributed by atoms with Crippen LogP contribution in [0.1, 0.15) is 18.2 Å². The van der Waals surface area contributed by atoms with Crippen LogP contribution in [0.2, 0.25) is 0 Å². The minimum atomic E-state index is -0.998. The fourth-order valence-electron chi connectivity index (χ4n) is 2.00. The van der Waals surface area contributed by atoms with Crippen molar-refractivity contribution >= 4 is 17.9 Å². The second kappa shape index (κ2) is 6.05. The van der Waals surface area contributed by atoms with Crippen molar-refractivity contribution in [1.29, 1.82) is 5.26 Å². The zero-order valence-corrected chi connectivity index (χ0v) is 11.6. The lowest BCUT2D eigenvalue weighted by Crippen LogP contribution is -2.25. The highest BCUT2D eigenvalue weighted by atomic mass is 16.4. The lowest BCUT2D eigenvalue weighted by Gasteiger charge is -2.21. The Morgan fingerprint density at radius 1 is 1.68 bits per heavy atom. The van der Waals surface area contributed by atoms with Crippen LogP contribution in [0.15, 0.2) is 6.08 Å². The van der Waals surface area contributed by atoms with Gasteiger partial charge in [0.2, 0.25) is 0 Å². The number of carboxylic acids is 1. The number of nitrogens with zero attached hydrogens (tertiary/aromatic N) is 4. The molecule has 102 valence electrons. The molecular weight excluding hydrogens is 244 g/mol. The molecule has 0 radical (unpaired) electrons. The Balaban J connectivity index is 3.12. The number of anilines is 1. The normalized spacial score (nSPS) is 12.4. The third-order valence-electron chi connectivity index (χ3n) is 2.76. The molecule has 1 unspecified atom stereocenters. The third-order valence-corrected chi connectivity index (χ3v) is 2.76. The van der Waals surface area contributed by atoms with E-state index in [-0.39, 0.29) is 5.92 Å². The van der Waals surface area contributed by atoms with Crippen molar-refractivity contribution in [2.24, 2.45) is 13.0 Å². The number of aryl methyl sites for hydroxylation is 2. The first kappa shape index (κ1) is 14.8. The molecular formula is C13H18N4O2. The van der Waals surface area contributed by atoms with Crippen LogP contribution in [0, 0.1) is 24.2 Å². The molecule has 1 N–H and O–H groups in total. The van der Waals surface area contributed by atoms with E-state index in [2.05, 4.69) is 11.2 Å². The van der Waals surface area contributed by atoms with Crippen molar-refractivity contribution in [2.75, 3.05) is 18.5 Å². The molecule has 1 atom stereocenters. The van der Waals surface area contributed by atoms with Gasteiger partial charge in [-0.2, -0.15) is 10.4 Å². The van der Waals surface area contributed by atoms with Crippen molar-refractivity contribution in [2.45, 2.75) is 13.8 Å². The minimum absolute atomic E-state index is 0.114. The van der Waals surface area contributed by atoms with Crippen LogP contribution in [0.5, 0.6) is 0 Å². The maximum absolute atomic E-state index is 10.6. The lowest BCUT2D eigenvalue weighted by atomic mass is 10.1. The molecule has 0 amide bonds. The SMILES string of the molecule is Cc1nn(C)c(N(C)CC(C)C#N)c1/C=C/C(=O)O. The van der Waals surface area contributed by atoms with E-state index in [1.54, 1.807) is 11.7 Å². The number of aromatic nitrogens is 2. The van der Waals surface area contributed by atoms with E-state index in [1.807, 2.05) is 25.8 Å². The molecule has 1 aromatic heterocycles. The van der Waals surface area contributed by atoms with Gasteiger partial charge in [0.15, 0.2) is 0 Å². The van der Waals surface area contributed by atoms with Crippen molar-refractivity contribution in [1.82, 2.24) is 9.78 Å². The summed E-state index contributed by atoms with van der Waals surface area (Å²) in [5, 5.41) is 21.9. The molecule has 0 aliphatic rings. The first-order valence-corrected chi connectivity index (χ1v) is 5.92. The second-order valence-electron chi connectivity index (χ2n) is 4.53. The van der Waals surface area contributed by atoms with Crippen molar-refractivity contribution in [3.05, 3.63) is 17.3 Å². The predicted octanol–water partition coefficient (Wildman–Crippen LogP) is 1.42. The monoisotopic (exact) mass is 262 g/mol. The highest BCUT2D eigenvalue weighted by molar-refractivity contribution is 5.87. The summed E-state index contributed by atoms with van der Waals surface area (Å²) < 4.78 is 1.70. The standard InChI is InChI=1S/C13H18N4O2/c1-9(7-14)8-16(3)13-11(5-6-12(18)19)10(2)15-17(13)4/h5-6,9H,8H2,1-4H3,(H,18,19)/b6-5+. The average molecular weight is 262 g/mol. The van der Waals surface area contributed by atoms with Gasteiger partial charge < -0.3 is 10.0 Å². The molecule has 1 aromatic rings. The zero-order chi connectivity index (χ0) is 14.6. The van der Waals surface area contributed by atoms with Crippen LogP contribution >= 0.6 is 0 Å².